The van der Waals surface area contributed by atoms with Crippen LogP contribution in [0.3, 0.4) is 0 Å². The number of esters is 2. The quantitative estimate of drug-likeness (QED) is 0.0195. The van der Waals surface area contributed by atoms with Gasteiger partial charge in [-0.25, -0.2) is 0 Å². The summed E-state index contributed by atoms with van der Waals surface area (Å²) in [7, 11) is 1.16. The van der Waals surface area contributed by atoms with Crippen LogP contribution in [0.25, 0.3) is 0 Å². The molecule has 0 aliphatic carbocycles. The van der Waals surface area contributed by atoms with Crippen molar-refractivity contribution in [3.05, 3.63) is 48.6 Å². The summed E-state index contributed by atoms with van der Waals surface area (Å²) in [5.74, 6) is -0.848. The van der Waals surface area contributed by atoms with Crippen LogP contribution < -0.4 is 4.89 Å². The van der Waals surface area contributed by atoms with Gasteiger partial charge in [0.15, 0.2) is 6.10 Å². The Morgan fingerprint density at radius 3 is 1.36 bits per heavy atom. The average Bonchev–Trinajstić information content (AvgIpc) is 3.21. The highest BCUT2D eigenvalue weighted by atomic mass is 31.2. The number of phosphoric ester groups is 1. The Morgan fingerprint density at radius 1 is 0.508 bits per heavy atom. The zero-order valence-corrected chi connectivity index (χ0v) is 41.0. The van der Waals surface area contributed by atoms with Crippen LogP contribution in [0.2, 0.25) is 0 Å². The molecule has 2 unspecified atom stereocenters. The molecule has 0 aliphatic rings. The third-order valence-corrected chi connectivity index (χ3v) is 11.5. The Morgan fingerprint density at radius 2 is 0.885 bits per heavy atom. The van der Waals surface area contributed by atoms with Crippen LogP contribution in [0.1, 0.15) is 213 Å². The van der Waals surface area contributed by atoms with E-state index in [9.17, 15) is 19.0 Å². The highest BCUT2D eigenvalue weighted by molar-refractivity contribution is 7.45. The Bertz CT molecular complexity index is 1180. The molecule has 0 fully saturated rings. The van der Waals surface area contributed by atoms with E-state index in [-0.39, 0.29) is 26.1 Å². The molecule has 10 heteroatoms. The molecule has 356 valence electrons. The van der Waals surface area contributed by atoms with Gasteiger partial charge in [0, 0.05) is 12.8 Å². The summed E-state index contributed by atoms with van der Waals surface area (Å²) in [6.45, 7) is 4.18. The third kappa shape index (κ3) is 47.3. The molecule has 0 aromatic rings. The van der Waals surface area contributed by atoms with Crippen molar-refractivity contribution in [3.63, 3.8) is 0 Å². The van der Waals surface area contributed by atoms with Gasteiger partial charge in [-0.2, -0.15) is 0 Å². The maximum absolute atomic E-state index is 12.7. The first-order chi connectivity index (χ1) is 29.5. The Kier molecular flexibility index (Phi) is 41.8. The van der Waals surface area contributed by atoms with Crippen molar-refractivity contribution >= 4 is 19.8 Å². The Hall–Kier alpha value is -2.03. The van der Waals surface area contributed by atoms with Gasteiger partial charge in [0.1, 0.15) is 19.8 Å². The standard InChI is InChI=1S/C51H94NO8P/c1-6-8-10-12-14-16-18-20-21-22-23-24-25-26-27-28-29-30-31-32-34-36-38-40-42-44-51(54)60-49(48-59-61(55,56)58-46-45-52(3,4)5)47-57-50(53)43-41-39-37-35-33-19-17-15-13-11-9-7-2/h15,17-18,20,22-23,25-26,49H,6-14,16,19,21,24,27-48H2,1-5H3/b17-15-,20-18-,23-22-,26-25-. The zero-order valence-electron chi connectivity index (χ0n) is 40.1. The molecule has 0 saturated heterocycles. The van der Waals surface area contributed by atoms with Gasteiger partial charge >= 0.3 is 11.9 Å². The molecule has 2 atom stereocenters. The highest BCUT2D eigenvalue weighted by Crippen LogP contribution is 2.38. The summed E-state index contributed by atoms with van der Waals surface area (Å²) in [6, 6.07) is 0. The molecule has 0 radical (unpaired) electrons. The van der Waals surface area contributed by atoms with Gasteiger partial charge in [-0.05, 0) is 77.0 Å². The minimum absolute atomic E-state index is 0.0339. The molecular weight excluding hydrogens is 786 g/mol. The molecule has 0 aliphatic heterocycles. The molecule has 0 amide bonds. The second-order valence-corrected chi connectivity index (χ2v) is 19.2. The van der Waals surface area contributed by atoms with E-state index in [4.69, 9.17) is 18.5 Å². The number of allylic oxidation sites excluding steroid dienone is 8. The van der Waals surface area contributed by atoms with Gasteiger partial charge in [-0.1, -0.05) is 172 Å². The van der Waals surface area contributed by atoms with E-state index < -0.39 is 32.5 Å². The number of unbranched alkanes of at least 4 members (excludes halogenated alkanes) is 23. The van der Waals surface area contributed by atoms with Gasteiger partial charge in [-0.15, -0.1) is 0 Å². The molecule has 0 N–H and O–H groups in total. The minimum atomic E-state index is -4.63. The van der Waals surface area contributed by atoms with E-state index >= 15 is 0 Å². The van der Waals surface area contributed by atoms with Crippen molar-refractivity contribution in [2.75, 3.05) is 47.5 Å². The molecule has 0 saturated carbocycles. The fourth-order valence-corrected chi connectivity index (χ4v) is 7.38. The van der Waals surface area contributed by atoms with Crippen molar-refractivity contribution in [3.8, 4) is 0 Å². The second kappa shape index (κ2) is 43.2. The Balaban J connectivity index is 4.22. The summed E-state index contributed by atoms with van der Waals surface area (Å²) in [4.78, 5) is 37.6. The van der Waals surface area contributed by atoms with Crippen molar-refractivity contribution in [1.29, 1.82) is 0 Å². The topological polar surface area (TPSA) is 111 Å². The summed E-state index contributed by atoms with van der Waals surface area (Å²) in [5, 5.41) is 0. The van der Waals surface area contributed by atoms with Crippen molar-refractivity contribution in [1.82, 2.24) is 0 Å². The van der Waals surface area contributed by atoms with Crippen LogP contribution in [-0.2, 0) is 32.7 Å². The second-order valence-electron chi connectivity index (χ2n) is 17.8. The largest absolute Gasteiger partial charge is 0.756 e. The third-order valence-electron chi connectivity index (χ3n) is 10.6. The van der Waals surface area contributed by atoms with Crippen molar-refractivity contribution in [2.24, 2.45) is 0 Å². The van der Waals surface area contributed by atoms with Gasteiger partial charge in [0.25, 0.3) is 7.82 Å². The maximum atomic E-state index is 12.7. The van der Waals surface area contributed by atoms with Crippen LogP contribution in [0.5, 0.6) is 0 Å². The number of rotatable bonds is 45. The molecule has 0 spiro atoms. The Labute approximate surface area is 375 Å². The number of nitrogens with zero attached hydrogens (tertiary/aromatic N) is 1. The van der Waals surface area contributed by atoms with E-state index in [1.54, 1.807) is 0 Å². The number of likely N-dealkylation sites (N-methyl/N-ethyl adjacent to an activating group) is 1. The van der Waals surface area contributed by atoms with Crippen LogP contribution in [-0.4, -0.2) is 70.0 Å². The molecule has 61 heavy (non-hydrogen) atoms. The molecule has 0 rings (SSSR count). The van der Waals surface area contributed by atoms with E-state index in [1.807, 2.05) is 21.1 Å². The number of phosphoric acid groups is 1. The number of carbonyl (C=O) groups excluding carboxylic acids is 2. The number of hydrogen-bond acceptors (Lipinski definition) is 8. The minimum Gasteiger partial charge on any atom is -0.756 e. The van der Waals surface area contributed by atoms with E-state index in [1.165, 1.54) is 103 Å². The summed E-state index contributed by atoms with van der Waals surface area (Å²) < 4.78 is 34.0. The number of hydrogen-bond donors (Lipinski definition) is 0. The van der Waals surface area contributed by atoms with Crippen molar-refractivity contribution < 1.29 is 42.1 Å². The lowest BCUT2D eigenvalue weighted by Gasteiger charge is -2.28. The summed E-state index contributed by atoms with van der Waals surface area (Å²) in [5.41, 5.74) is 0. The highest BCUT2D eigenvalue weighted by Gasteiger charge is 2.21. The molecule has 0 aromatic heterocycles. The van der Waals surface area contributed by atoms with Gasteiger partial charge in [-0.3, -0.25) is 14.2 Å². The normalized spacial score (nSPS) is 13.9. The predicted molar refractivity (Wildman–Crippen MR) is 254 cm³/mol. The van der Waals surface area contributed by atoms with Gasteiger partial charge < -0.3 is 27.9 Å². The van der Waals surface area contributed by atoms with E-state index in [0.717, 1.165) is 77.0 Å². The first kappa shape index (κ1) is 59.0. The van der Waals surface area contributed by atoms with Crippen LogP contribution in [0, 0.1) is 0 Å². The number of carbonyl (C=O) groups is 2. The average molecular weight is 880 g/mol. The smallest absolute Gasteiger partial charge is 0.306 e. The first-order valence-corrected chi connectivity index (χ1v) is 26.3. The fourth-order valence-electron chi connectivity index (χ4n) is 6.66. The molecule has 0 heterocycles. The number of quaternary nitrogens is 1. The predicted octanol–water partition coefficient (Wildman–Crippen LogP) is 14.0. The lowest BCUT2D eigenvalue weighted by Crippen LogP contribution is -2.37. The SMILES string of the molecule is CCCCC/C=C\CCCCCCCC(=O)OCC(COP(=O)([O-])OCC[N+](C)(C)C)OC(=O)CCCCCCCCCCCC/C=C\C/C=C\C/C=C\CCCCCCC. The fraction of sp³-hybridized carbons (Fsp3) is 0.804. The van der Waals surface area contributed by atoms with Crippen LogP contribution in [0.4, 0.5) is 0 Å². The lowest BCUT2D eigenvalue weighted by atomic mass is 10.0. The van der Waals surface area contributed by atoms with E-state index in [2.05, 4.69) is 62.5 Å². The van der Waals surface area contributed by atoms with Gasteiger partial charge in [0.2, 0.25) is 0 Å². The summed E-state index contributed by atoms with van der Waals surface area (Å²) >= 11 is 0. The molecule has 0 bridgehead atoms. The molecule has 9 nitrogen and oxygen atoms in total. The molecular formula is C51H94NO8P. The maximum Gasteiger partial charge on any atom is 0.306 e. The van der Waals surface area contributed by atoms with Crippen LogP contribution in [0.15, 0.2) is 48.6 Å². The van der Waals surface area contributed by atoms with Crippen LogP contribution >= 0.6 is 7.82 Å². The van der Waals surface area contributed by atoms with E-state index in [0.29, 0.717) is 17.4 Å². The number of ether oxygens (including phenoxy) is 2. The lowest BCUT2D eigenvalue weighted by molar-refractivity contribution is -0.870. The summed E-state index contributed by atoms with van der Waals surface area (Å²) in [6.07, 6.45) is 51.4. The van der Waals surface area contributed by atoms with Crippen molar-refractivity contribution in [2.45, 2.75) is 219 Å². The van der Waals surface area contributed by atoms with Gasteiger partial charge in [0.05, 0.1) is 27.7 Å². The monoisotopic (exact) mass is 880 g/mol. The molecule has 0 aromatic carbocycles. The first-order valence-electron chi connectivity index (χ1n) is 24.8. The zero-order chi connectivity index (χ0) is 45.0.